The fourth-order valence-electron chi connectivity index (χ4n) is 3.22. The van der Waals surface area contributed by atoms with Crippen LogP contribution in [-0.4, -0.2) is 37.0 Å². The molecule has 4 nitrogen and oxygen atoms in total. The molecule has 1 aliphatic rings. The largest absolute Gasteiger partial charge is 0.355 e. The molecule has 1 amide bonds. The summed E-state index contributed by atoms with van der Waals surface area (Å²) in [4.78, 5) is 14.6. The van der Waals surface area contributed by atoms with Crippen LogP contribution in [0.5, 0.6) is 0 Å². The van der Waals surface area contributed by atoms with Crippen molar-refractivity contribution in [1.82, 2.24) is 10.2 Å². The second kappa shape index (κ2) is 8.15. The Labute approximate surface area is 127 Å². The van der Waals surface area contributed by atoms with Gasteiger partial charge in [0.05, 0.1) is 5.92 Å². The zero-order valence-corrected chi connectivity index (χ0v) is 12.9. The molecule has 1 aromatic rings. The first-order chi connectivity index (χ1) is 10.3. The zero-order chi connectivity index (χ0) is 15.1. The van der Waals surface area contributed by atoms with Gasteiger partial charge < -0.3 is 11.1 Å². The molecule has 0 aromatic heterocycles. The van der Waals surface area contributed by atoms with E-state index in [9.17, 15) is 4.79 Å². The quantitative estimate of drug-likeness (QED) is 0.841. The van der Waals surface area contributed by atoms with Crippen LogP contribution in [0.25, 0.3) is 0 Å². The van der Waals surface area contributed by atoms with E-state index >= 15 is 0 Å². The fourth-order valence-corrected chi connectivity index (χ4v) is 3.22. The third-order valence-electron chi connectivity index (χ3n) is 4.28. The first-order valence-electron chi connectivity index (χ1n) is 8.03. The van der Waals surface area contributed by atoms with Gasteiger partial charge in [0.15, 0.2) is 0 Å². The average Bonchev–Trinajstić information content (AvgIpc) is 2.54. The van der Waals surface area contributed by atoms with Gasteiger partial charge in [-0.25, -0.2) is 0 Å². The van der Waals surface area contributed by atoms with Gasteiger partial charge in [-0.15, -0.1) is 0 Å². The number of hydrogen-bond donors (Lipinski definition) is 2. The lowest BCUT2D eigenvalue weighted by atomic mass is 9.93. The molecule has 0 radical (unpaired) electrons. The average molecular weight is 289 g/mol. The molecule has 21 heavy (non-hydrogen) atoms. The summed E-state index contributed by atoms with van der Waals surface area (Å²) in [5.74, 6) is 0.260. The van der Waals surface area contributed by atoms with Crippen molar-refractivity contribution in [3.63, 3.8) is 0 Å². The lowest BCUT2D eigenvalue weighted by Gasteiger charge is -2.37. The number of nitrogens with one attached hydrogen (secondary N) is 1. The van der Waals surface area contributed by atoms with E-state index in [0.29, 0.717) is 19.1 Å². The number of rotatable bonds is 6. The number of carbonyl (C=O) groups excluding carboxylic acids is 1. The van der Waals surface area contributed by atoms with Crippen molar-refractivity contribution in [3.8, 4) is 0 Å². The molecular weight excluding hydrogens is 262 g/mol. The van der Waals surface area contributed by atoms with Crippen molar-refractivity contribution in [2.24, 2.45) is 11.7 Å². The molecule has 1 fully saturated rings. The minimum absolute atomic E-state index is 0.100. The molecule has 1 heterocycles. The first kappa shape index (κ1) is 16.0. The Morgan fingerprint density at radius 3 is 2.86 bits per heavy atom. The van der Waals surface area contributed by atoms with Crippen LogP contribution >= 0.6 is 0 Å². The number of likely N-dealkylation sites (tertiary alicyclic amines) is 1. The van der Waals surface area contributed by atoms with Crippen molar-refractivity contribution in [2.75, 3.05) is 26.2 Å². The summed E-state index contributed by atoms with van der Waals surface area (Å²) in [7, 11) is 0. The monoisotopic (exact) mass is 289 g/mol. The summed E-state index contributed by atoms with van der Waals surface area (Å²) in [6.45, 7) is 5.22. The number of nitrogens with two attached hydrogens (primary N) is 1. The van der Waals surface area contributed by atoms with Gasteiger partial charge >= 0.3 is 0 Å². The lowest BCUT2D eigenvalue weighted by molar-refractivity contribution is -0.127. The molecule has 2 unspecified atom stereocenters. The molecule has 1 aromatic carbocycles. The topological polar surface area (TPSA) is 58.4 Å². The highest BCUT2D eigenvalue weighted by Crippen LogP contribution is 2.29. The maximum Gasteiger partial charge on any atom is 0.224 e. The maximum atomic E-state index is 12.2. The summed E-state index contributed by atoms with van der Waals surface area (Å²) in [6, 6.07) is 11.0. The second-order valence-electron chi connectivity index (χ2n) is 5.75. The van der Waals surface area contributed by atoms with Crippen molar-refractivity contribution in [3.05, 3.63) is 35.9 Å². The van der Waals surface area contributed by atoms with E-state index in [4.69, 9.17) is 5.73 Å². The Bertz CT molecular complexity index is 435. The van der Waals surface area contributed by atoms with Crippen LogP contribution in [0.3, 0.4) is 0 Å². The first-order valence-corrected chi connectivity index (χ1v) is 8.03. The van der Waals surface area contributed by atoms with Gasteiger partial charge in [-0.3, -0.25) is 9.69 Å². The van der Waals surface area contributed by atoms with Gasteiger partial charge in [0.25, 0.3) is 0 Å². The normalized spacial score (nSPS) is 21.0. The van der Waals surface area contributed by atoms with E-state index in [0.717, 1.165) is 32.4 Å². The number of piperidine rings is 1. The zero-order valence-electron chi connectivity index (χ0n) is 12.9. The van der Waals surface area contributed by atoms with Crippen molar-refractivity contribution in [1.29, 1.82) is 0 Å². The van der Waals surface area contributed by atoms with E-state index in [2.05, 4.69) is 47.5 Å². The summed E-state index contributed by atoms with van der Waals surface area (Å²) in [6.07, 6.45) is 3.14. The van der Waals surface area contributed by atoms with Crippen LogP contribution in [0.2, 0.25) is 0 Å². The predicted octanol–water partition coefficient (Wildman–Crippen LogP) is 1.92. The summed E-state index contributed by atoms with van der Waals surface area (Å²) < 4.78 is 0. The van der Waals surface area contributed by atoms with Crippen LogP contribution in [0.15, 0.2) is 30.3 Å². The molecule has 2 rings (SSSR count). The van der Waals surface area contributed by atoms with E-state index in [1.807, 2.05) is 0 Å². The number of nitrogens with zero attached hydrogens (tertiary/aromatic N) is 1. The van der Waals surface area contributed by atoms with Gasteiger partial charge in [-0.2, -0.15) is 0 Å². The van der Waals surface area contributed by atoms with Crippen molar-refractivity contribution in [2.45, 2.75) is 32.2 Å². The minimum atomic E-state index is 0.100. The van der Waals surface area contributed by atoms with E-state index in [-0.39, 0.29) is 11.8 Å². The molecule has 3 N–H and O–H groups in total. The third-order valence-corrected chi connectivity index (χ3v) is 4.28. The molecule has 4 heteroatoms. The number of hydrogen-bond acceptors (Lipinski definition) is 3. The Balaban J connectivity index is 2.00. The van der Waals surface area contributed by atoms with Crippen LogP contribution < -0.4 is 11.1 Å². The Hall–Kier alpha value is -1.39. The third kappa shape index (κ3) is 4.29. The highest BCUT2D eigenvalue weighted by molar-refractivity contribution is 5.78. The van der Waals surface area contributed by atoms with Gasteiger partial charge in [-0.1, -0.05) is 37.3 Å². The van der Waals surface area contributed by atoms with Gasteiger partial charge in [0.1, 0.15) is 0 Å². The molecule has 0 aliphatic carbocycles. The van der Waals surface area contributed by atoms with E-state index < -0.39 is 0 Å². The maximum absolute atomic E-state index is 12.2. The van der Waals surface area contributed by atoms with Gasteiger partial charge in [-0.05, 0) is 31.4 Å². The highest BCUT2D eigenvalue weighted by atomic mass is 16.1. The predicted molar refractivity (Wildman–Crippen MR) is 85.8 cm³/mol. The molecule has 116 valence electrons. The molecule has 0 bridgehead atoms. The molecule has 1 aliphatic heterocycles. The van der Waals surface area contributed by atoms with Crippen LogP contribution in [0, 0.1) is 5.92 Å². The number of carbonyl (C=O) groups is 1. The SMILES string of the molecule is CCC(c1ccccc1)N1CCCC(C(=O)NCCN)C1. The van der Waals surface area contributed by atoms with Gasteiger partial charge in [0, 0.05) is 25.7 Å². The highest BCUT2D eigenvalue weighted by Gasteiger charge is 2.29. The van der Waals surface area contributed by atoms with E-state index in [1.165, 1.54) is 5.56 Å². The number of benzene rings is 1. The Morgan fingerprint density at radius 2 is 2.19 bits per heavy atom. The second-order valence-corrected chi connectivity index (χ2v) is 5.75. The van der Waals surface area contributed by atoms with Crippen LogP contribution in [0.1, 0.15) is 37.8 Å². The molecule has 1 saturated heterocycles. The lowest BCUT2D eigenvalue weighted by Crippen LogP contribution is -2.45. The Kier molecular flexibility index (Phi) is 6.21. The number of amides is 1. The van der Waals surface area contributed by atoms with Crippen LogP contribution in [-0.2, 0) is 4.79 Å². The standard InChI is InChI=1S/C17H27N3O/c1-2-16(14-7-4-3-5-8-14)20-12-6-9-15(13-20)17(21)19-11-10-18/h3-5,7-8,15-16H,2,6,9-13,18H2,1H3,(H,19,21). The van der Waals surface area contributed by atoms with E-state index in [1.54, 1.807) is 0 Å². The van der Waals surface area contributed by atoms with Crippen molar-refractivity contribution >= 4 is 5.91 Å². The molecule has 0 saturated carbocycles. The smallest absolute Gasteiger partial charge is 0.224 e. The Morgan fingerprint density at radius 1 is 1.43 bits per heavy atom. The summed E-state index contributed by atoms with van der Waals surface area (Å²) in [5.41, 5.74) is 6.80. The fraction of sp³-hybridized carbons (Fsp3) is 0.588. The summed E-state index contributed by atoms with van der Waals surface area (Å²) in [5, 5.41) is 2.93. The van der Waals surface area contributed by atoms with Crippen molar-refractivity contribution < 1.29 is 4.79 Å². The minimum Gasteiger partial charge on any atom is -0.355 e. The van der Waals surface area contributed by atoms with Gasteiger partial charge in [0.2, 0.25) is 5.91 Å². The molecule has 0 spiro atoms. The van der Waals surface area contributed by atoms with Crippen LogP contribution in [0.4, 0.5) is 0 Å². The summed E-state index contributed by atoms with van der Waals surface area (Å²) >= 11 is 0. The molecular formula is C17H27N3O. The molecule has 2 atom stereocenters.